The summed E-state index contributed by atoms with van der Waals surface area (Å²) in [5, 5.41) is 8.63. The average Bonchev–Trinajstić information content (AvgIpc) is 2.36. The smallest absolute Gasteiger partial charge is 0.219 e. The third kappa shape index (κ3) is 2.38. The van der Waals surface area contributed by atoms with Crippen LogP contribution in [0.15, 0.2) is 30.3 Å². The molecule has 0 amide bonds. The number of nitriles is 1. The highest BCUT2D eigenvalue weighted by molar-refractivity contribution is 5.44. The van der Waals surface area contributed by atoms with Crippen molar-refractivity contribution in [3.05, 3.63) is 47.4 Å². The molecule has 0 unspecified atom stereocenters. The molecule has 0 atom stereocenters. The lowest BCUT2D eigenvalue weighted by atomic mass is 10.2. The number of nitrogens with zero attached hydrogens (tertiary/aromatic N) is 2. The number of nitrogens with two attached hydrogens (primary N) is 1. The Morgan fingerprint density at radius 2 is 2.11 bits per heavy atom. The number of hydrogen-bond donors (Lipinski definition) is 1. The van der Waals surface area contributed by atoms with Crippen LogP contribution in [0.4, 0.5) is 10.1 Å². The minimum atomic E-state index is -0.606. The van der Waals surface area contributed by atoms with Crippen LogP contribution in [0, 0.1) is 24.1 Å². The average molecular weight is 243 g/mol. The fourth-order valence-electron chi connectivity index (χ4n) is 1.37. The van der Waals surface area contributed by atoms with Gasteiger partial charge in [-0.1, -0.05) is 0 Å². The predicted octanol–water partition coefficient (Wildman–Crippen LogP) is 2.78. The van der Waals surface area contributed by atoms with Gasteiger partial charge in [-0.15, -0.1) is 0 Å². The minimum Gasteiger partial charge on any atom is -0.436 e. The second-order valence-corrected chi connectivity index (χ2v) is 3.68. The number of benzene rings is 1. The highest BCUT2D eigenvalue weighted by Gasteiger charge is 2.07. The third-order valence-electron chi connectivity index (χ3n) is 2.38. The van der Waals surface area contributed by atoms with Crippen molar-refractivity contribution in [3.8, 4) is 17.7 Å². The Labute approximate surface area is 103 Å². The molecule has 0 saturated heterocycles. The van der Waals surface area contributed by atoms with Crippen molar-refractivity contribution in [1.82, 2.24) is 4.98 Å². The number of hydrogen-bond acceptors (Lipinski definition) is 4. The molecule has 0 aliphatic rings. The van der Waals surface area contributed by atoms with E-state index in [-0.39, 0.29) is 17.2 Å². The highest BCUT2D eigenvalue weighted by Crippen LogP contribution is 2.24. The van der Waals surface area contributed by atoms with Crippen LogP contribution in [0.5, 0.6) is 11.6 Å². The van der Waals surface area contributed by atoms with Crippen molar-refractivity contribution in [2.45, 2.75) is 6.92 Å². The lowest BCUT2D eigenvalue weighted by Gasteiger charge is -2.07. The normalized spacial score (nSPS) is 9.83. The molecule has 1 heterocycles. The summed E-state index contributed by atoms with van der Waals surface area (Å²) in [7, 11) is 0. The zero-order chi connectivity index (χ0) is 13.1. The topological polar surface area (TPSA) is 71.9 Å². The van der Waals surface area contributed by atoms with Gasteiger partial charge in [-0.3, -0.25) is 0 Å². The van der Waals surface area contributed by atoms with Crippen LogP contribution in [0.25, 0.3) is 0 Å². The van der Waals surface area contributed by atoms with Crippen LogP contribution in [0.3, 0.4) is 0 Å². The van der Waals surface area contributed by atoms with Gasteiger partial charge in [-0.25, -0.2) is 9.37 Å². The summed E-state index contributed by atoms with van der Waals surface area (Å²) in [5.74, 6) is -0.332. The molecule has 0 bridgehead atoms. The maximum absolute atomic E-state index is 13.6. The summed E-state index contributed by atoms with van der Waals surface area (Å²) in [6, 6.07) is 9.02. The summed E-state index contributed by atoms with van der Waals surface area (Å²) in [6.07, 6.45) is 0. The lowest BCUT2D eigenvalue weighted by molar-refractivity contribution is 0.426. The summed E-state index contributed by atoms with van der Waals surface area (Å²) in [4.78, 5) is 4.07. The van der Waals surface area contributed by atoms with Gasteiger partial charge in [-0.2, -0.15) is 5.26 Å². The number of ether oxygens (including phenoxy) is 1. The molecule has 0 aliphatic heterocycles. The molecule has 0 aliphatic carbocycles. The number of rotatable bonds is 2. The van der Waals surface area contributed by atoms with Gasteiger partial charge < -0.3 is 10.5 Å². The van der Waals surface area contributed by atoms with Crippen LogP contribution in [0.1, 0.15) is 11.3 Å². The maximum Gasteiger partial charge on any atom is 0.219 e. The van der Waals surface area contributed by atoms with E-state index in [0.717, 1.165) is 6.07 Å². The van der Waals surface area contributed by atoms with Gasteiger partial charge >= 0.3 is 0 Å². The van der Waals surface area contributed by atoms with Crippen molar-refractivity contribution >= 4 is 5.69 Å². The molecule has 2 N–H and O–H groups in total. The van der Waals surface area contributed by atoms with E-state index >= 15 is 0 Å². The fourth-order valence-corrected chi connectivity index (χ4v) is 1.37. The first-order chi connectivity index (χ1) is 8.60. The zero-order valence-corrected chi connectivity index (χ0v) is 9.64. The highest BCUT2D eigenvalue weighted by atomic mass is 19.1. The second kappa shape index (κ2) is 4.72. The molecular formula is C13H10FN3O. The predicted molar refractivity (Wildman–Crippen MR) is 64.6 cm³/mol. The first kappa shape index (κ1) is 11.9. The maximum atomic E-state index is 13.6. The lowest BCUT2D eigenvalue weighted by Crippen LogP contribution is -1.96. The number of halogens is 1. The van der Waals surface area contributed by atoms with Crippen molar-refractivity contribution < 1.29 is 9.13 Å². The Balaban J connectivity index is 2.29. The van der Waals surface area contributed by atoms with E-state index in [1.165, 1.54) is 12.1 Å². The van der Waals surface area contributed by atoms with Gasteiger partial charge in [0.05, 0.1) is 23.0 Å². The van der Waals surface area contributed by atoms with Crippen LogP contribution in [-0.2, 0) is 0 Å². The van der Waals surface area contributed by atoms with Crippen molar-refractivity contribution in [2.24, 2.45) is 0 Å². The molecule has 0 saturated carbocycles. The number of aryl methyl sites for hydroxylation is 1. The number of anilines is 1. The summed E-state index contributed by atoms with van der Waals surface area (Å²) >= 11 is 0. The molecule has 18 heavy (non-hydrogen) atoms. The van der Waals surface area contributed by atoms with Crippen LogP contribution < -0.4 is 10.5 Å². The molecule has 0 fully saturated rings. The van der Waals surface area contributed by atoms with E-state index in [4.69, 9.17) is 15.7 Å². The standard InChI is InChI=1S/C13H10FN3O/c1-8-11(16)3-5-13(17-8)18-12-4-2-9(7-15)6-10(12)14/h2-6H,16H2,1H3. The quantitative estimate of drug-likeness (QED) is 0.880. The molecule has 4 nitrogen and oxygen atoms in total. The van der Waals surface area contributed by atoms with Gasteiger partial charge in [0.25, 0.3) is 0 Å². The van der Waals surface area contributed by atoms with Gasteiger partial charge in [0.2, 0.25) is 5.88 Å². The number of aromatic nitrogens is 1. The molecule has 1 aromatic carbocycles. The molecule has 2 aromatic rings. The molecule has 0 spiro atoms. The molecule has 90 valence electrons. The summed E-state index contributed by atoms with van der Waals surface area (Å²) < 4.78 is 18.9. The molecule has 0 radical (unpaired) electrons. The first-order valence-corrected chi connectivity index (χ1v) is 5.21. The van der Waals surface area contributed by atoms with Crippen molar-refractivity contribution in [3.63, 3.8) is 0 Å². The monoisotopic (exact) mass is 243 g/mol. The second-order valence-electron chi connectivity index (χ2n) is 3.68. The van der Waals surface area contributed by atoms with E-state index in [9.17, 15) is 4.39 Å². The Bertz CT molecular complexity index is 635. The van der Waals surface area contributed by atoms with E-state index < -0.39 is 5.82 Å². The molecule has 2 rings (SSSR count). The van der Waals surface area contributed by atoms with Gasteiger partial charge in [0.15, 0.2) is 11.6 Å². The van der Waals surface area contributed by atoms with Crippen molar-refractivity contribution in [2.75, 3.05) is 5.73 Å². The van der Waals surface area contributed by atoms with E-state index in [1.54, 1.807) is 19.1 Å². The largest absolute Gasteiger partial charge is 0.436 e. The van der Waals surface area contributed by atoms with Gasteiger partial charge in [0.1, 0.15) is 0 Å². The van der Waals surface area contributed by atoms with Gasteiger partial charge in [0, 0.05) is 6.07 Å². The Kier molecular flexibility index (Phi) is 3.11. The SMILES string of the molecule is Cc1nc(Oc2ccc(C#N)cc2F)ccc1N. The Hall–Kier alpha value is -2.61. The van der Waals surface area contributed by atoms with E-state index in [1.807, 2.05) is 6.07 Å². The summed E-state index contributed by atoms with van der Waals surface area (Å²) in [6.45, 7) is 1.73. The summed E-state index contributed by atoms with van der Waals surface area (Å²) in [5.41, 5.74) is 7.02. The molecule has 1 aromatic heterocycles. The number of pyridine rings is 1. The Morgan fingerprint density at radius 3 is 2.72 bits per heavy atom. The minimum absolute atomic E-state index is 0.0191. The third-order valence-corrected chi connectivity index (χ3v) is 2.38. The van der Waals surface area contributed by atoms with Crippen LogP contribution >= 0.6 is 0 Å². The van der Waals surface area contributed by atoms with Gasteiger partial charge in [-0.05, 0) is 31.2 Å². The fraction of sp³-hybridized carbons (Fsp3) is 0.0769. The van der Waals surface area contributed by atoms with Crippen LogP contribution in [0.2, 0.25) is 0 Å². The van der Waals surface area contributed by atoms with E-state index in [0.29, 0.717) is 11.4 Å². The molecular weight excluding hydrogens is 233 g/mol. The Morgan fingerprint density at radius 1 is 1.33 bits per heavy atom. The molecule has 5 heteroatoms. The number of nitrogen functional groups attached to an aromatic ring is 1. The zero-order valence-electron chi connectivity index (χ0n) is 9.64. The van der Waals surface area contributed by atoms with Crippen LogP contribution in [-0.4, -0.2) is 4.98 Å². The van der Waals surface area contributed by atoms with E-state index in [2.05, 4.69) is 4.98 Å². The van der Waals surface area contributed by atoms with Crippen molar-refractivity contribution in [1.29, 1.82) is 5.26 Å². The first-order valence-electron chi connectivity index (χ1n) is 5.21.